The third-order valence-corrected chi connectivity index (χ3v) is 2.80. The molecule has 0 aliphatic heterocycles. The van der Waals surface area contributed by atoms with Crippen molar-refractivity contribution in [2.24, 2.45) is 0 Å². The molecule has 1 aromatic rings. The molecule has 126 valence electrons. The van der Waals surface area contributed by atoms with Crippen molar-refractivity contribution >= 4 is 17.8 Å². The molecule has 0 radical (unpaired) electrons. The topological polar surface area (TPSA) is 104 Å². The second-order valence-corrected chi connectivity index (χ2v) is 4.58. The molecule has 0 saturated carbocycles. The number of carbonyl (C=O) groups excluding carboxylic acids is 1. The normalized spacial score (nSPS) is 12.5. The van der Waals surface area contributed by atoms with Crippen LogP contribution in [0.5, 0.6) is 0 Å². The van der Waals surface area contributed by atoms with Crippen molar-refractivity contribution in [3.8, 4) is 0 Å². The molecule has 0 spiro atoms. The van der Waals surface area contributed by atoms with Gasteiger partial charge >= 0.3 is 24.0 Å². The van der Waals surface area contributed by atoms with Crippen LogP contribution in [-0.4, -0.2) is 34.1 Å². The minimum Gasteiger partial charge on any atom is -0.481 e. The Balaban J connectivity index is 2.97. The second-order valence-electron chi connectivity index (χ2n) is 4.58. The van der Waals surface area contributed by atoms with E-state index in [1.165, 1.54) is 0 Å². The summed E-state index contributed by atoms with van der Waals surface area (Å²) in [4.78, 5) is 32.2. The van der Waals surface area contributed by atoms with Gasteiger partial charge in [-0.05, 0) is 24.1 Å². The summed E-state index contributed by atoms with van der Waals surface area (Å²) >= 11 is 0. The molecule has 0 aliphatic carbocycles. The van der Waals surface area contributed by atoms with Crippen LogP contribution in [0.3, 0.4) is 0 Å². The van der Waals surface area contributed by atoms with Crippen molar-refractivity contribution in [2.75, 3.05) is 0 Å². The van der Waals surface area contributed by atoms with Gasteiger partial charge in [-0.25, -0.2) is 9.18 Å². The van der Waals surface area contributed by atoms with Crippen molar-refractivity contribution in [1.82, 2.24) is 5.32 Å². The van der Waals surface area contributed by atoms with Crippen LogP contribution in [0.25, 0.3) is 0 Å². The fourth-order valence-corrected chi connectivity index (χ4v) is 1.79. The third kappa shape index (κ3) is 5.57. The molecule has 6 nitrogen and oxygen atoms in total. The summed E-state index contributed by atoms with van der Waals surface area (Å²) in [5, 5.41) is 19.0. The highest BCUT2D eigenvalue weighted by Gasteiger charge is 2.31. The zero-order valence-corrected chi connectivity index (χ0v) is 11.4. The lowest BCUT2D eigenvalue weighted by atomic mass is 10.0. The SMILES string of the molecule is O=C(O)C[C@@H](Cc1ccc(C(F)(F)F)cc1F)NC(=O)C(=O)O. The molecule has 1 aromatic carbocycles. The number of benzene rings is 1. The Morgan fingerprint density at radius 2 is 1.78 bits per heavy atom. The number of hydrogen-bond acceptors (Lipinski definition) is 3. The van der Waals surface area contributed by atoms with Gasteiger partial charge in [-0.2, -0.15) is 13.2 Å². The van der Waals surface area contributed by atoms with Gasteiger partial charge in [-0.1, -0.05) is 6.07 Å². The summed E-state index contributed by atoms with van der Waals surface area (Å²) in [6, 6.07) is 0.365. The summed E-state index contributed by atoms with van der Waals surface area (Å²) in [5.74, 6) is -6.00. The number of halogens is 4. The predicted molar refractivity (Wildman–Crippen MR) is 66.9 cm³/mol. The summed E-state index contributed by atoms with van der Waals surface area (Å²) in [6.07, 6.45) is -5.94. The maximum absolute atomic E-state index is 13.7. The smallest absolute Gasteiger partial charge is 0.416 e. The van der Waals surface area contributed by atoms with Crippen LogP contribution in [0, 0.1) is 5.82 Å². The molecular formula is C13H11F4NO5. The maximum atomic E-state index is 13.7. The minimum atomic E-state index is -4.74. The first-order valence-corrected chi connectivity index (χ1v) is 6.12. The van der Waals surface area contributed by atoms with Crippen molar-refractivity contribution in [2.45, 2.75) is 25.1 Å². The van der Waals surface area contributed by atoms with Crippen LogP contribution in [0.15, 0.2) is 18.2 Å². The summed E-state index contributed by atoms with van der Waals surface area (Å²) in [7, 11) is 0. The maximum Gasteiger partial charge on any atom is 0.416 e. The first kappa shape index (κ1) is 18.4. The lowest BCUT2D eigenvalue weighted by Gasteiger charge is -2.17. The predicted octanol–water partition coefficient (Wildman–Crippen LogP) is 1.43. The molecule has 0 aliphatic rings. The Morgan fingerprint density at radius 3 is 2.22 bits per heavy atom. The molecule has 0 fully saturated rings. The first-order chi connectivity index (χ1) is 10.5. The second kappa shape index (κ2) is 7.07. The van der Waals surface area contributed by atoms with E-state index in [0.717, 1.165) is 6.07 Å². The Kier molecular flexibility index (Phi) is 5.66. The molecular weight excluding hydrogens is 326 g/mol. The number of carbonyl (C=O) groups is 3. The number of aliphatic carboxylic acids is 2. The van der Waals surface area contributed by atoms with Crippen molar-refractivity contribution in [3.05, 3.63) is 35.1 Å². The van der Waals surface area contributed by atoms with Gasteiger partial charge < -0.3 is 15.5 Å². The van der Waals surface area contributed by atoms with Gasteiger partial charge in [0, 0.05) is 6.04 Å². The number of hydrogen-bond donors (Lipinski definition) is 3. The molecule has 1 amide bonds. The zero-order valence-electron chi connectivity index (χ0n) is 11.4. The molecule has 0 saturated heterocycles. The van der Waals surface area contributed by atoms with Crippen LogP contribution in [-0.2, 0) is 27.0 Å². The molecule has 0 aromatic heterocycles. The van der Waals surface area contributed by atoms with Gasteiger partial charge in [0.2, 0.25) is 0 Å². The number of carboxylic acids is 2. The monoisotopic (exact) mass is 337 g/mol. The molecule has 0 bridgehead atoms. The third-order valence-electron chi connectivity index (χ3n) is 2.80. The number of rotatable bonds is 5. The van der Waals surface area contributed by atoms with E-state index in [4.69, 9.17) is 10.2 Å². The lowest BCUT2D eigenvalue weighted by molar-refractivity contribution is -0.151. The molecule has 0 unspecified atom stereocenters. The van der Waals surface area contributed by atoms with Crippen LogP contribution >= 0.6 is 0 Å². The van der Waals surface area contributed by atoms with E-state index in [1.807, 2.05) is 5.32 Å². The molecule has 0 heterocycles. The Hall–Kier alpha value is -2.65. The Labute approximate surface area is 126 Å². The van der Waals surface area contributed by atoms with Crippen LogP contribution in [0.1, 0.15) is 17.5 Å². The average Bonchev–Trinajstić information content (AvgIpc) is 2.38. The highest BCUT2D eigenvalue weighted by molar-refractivity contribution is 6.31. The fourth-order valence-electron chi connectivity index (χ4n) is 1.79. The summed E-state index contributed by atoms with van der Waals surface area (Å²) in [6.45, 7) is 0. The minimum absolute atomic E-state index is 0.242. The lowest BCUT2D eigenvalue weighted by Crippen LogP contribution is -2.41. The fraction of sp³-hybridized carbons (Fsp3) is 0.308. The largest absolute Gasteiger partial charge is 0.481 e. The van der Waals surface area contributed by atoms with Crippen molar-refractivity contribution < 1.29 is 42.2 Å². The Bertz CT molecular complexity index is 629. The van der Waals surface area contributed by atoms with Gasteiger partial charge in [0.05, 0.1) is 12.0 Å². The van der Waals surface area contributed by atoms with Crippen molar-refractivity contribution in [1.29, 1.82) is 0 Å². The van der Waals surface area contributed by atoms with E-state index >= 15 is 0 Å². The highest BCUT2D eigenvalue weighted by atomic mass is 19.4. The van der Waals surface area contributed by atoms with Gasteiger partial charge in [0.25, 0.3) is 0 Å². The number of amides is 1. The van der Waals surface area contributed by atoms with E-state index in [9.17, 15) is 31.9 Å². The molecule has 1 rings (SSSR count). The number of nitrogens with one attached hydrogen (secondary N) is 1. The Morgan fingerprint density at radius 1 is 1.17 bits per heavy atom. The summed E-state index contributed by atoms with van der Waals surface area (Å²) in [5.41, 5.74) is -1.50. The van der Waals surface area contributed by atoms with Crippen LogP contribution in [0.4, 0.5) is 17.6 Å². The molecule has 23 heavy (non-hydrogen) atoms. The first-order valence-electron chi connectivity index (χ1n) is 6.12. The van der Waals surface area contributed by atoms with Crippen LogP contribution in [0.2, 0.25) is 0 Å². The van der Waals surface area contributed by atoms with E-state index in [2.05, 4.69) is 0 Å². The quantitative estimate of drug-likeness (QED) is 0.557. The molecule has 1 atom stereocenters. The summed E-state index contributed by atoms with van der Waals surface area (Å²) < 4.78 is 51.0. The van der Waals surface area contributed by atoms with E-state index in [0.29, 0.717) is 6.07 Å². The van der Waals surface area contributed by atoms with Crippen LogP contribution < -0.4 is 5.32 Å². The van der Waals surface area contributed by atoms with Gasteiger partial charge in [-0.15, -0.1) is 0 Å². The van der Waals surface area contributed by atoms with Crippen molar-refractivity contribution in [3.63, 3.8) is 0 Å². The van der Waals surface area contributed by atoms with E-state index in [1.54, 1.807) is 0 Å². The zero-order chi connectivity index (χ0) is 17.8. The van der Waals surface area contributed by atoms with E-state index < -0.39 is 54.3 Å². The average molecular weight is 337 g/mol. The standard InChI is InChI=1S/C13H11F4NO5/c14-9-4-7(13(15,16)17)2-1-6(9)3-8(5-10(19)20)18-11(21)12(22)23/h1-2,4,8H,3,5H2,(H,18,21)(H,19,20)(H,22,23)/t8-/m1/s1. The molecule has 10 heteroatoms. The molecule has 3 N–H and O–H groups in total. The highest BCUT2D eigenvalue weighted by Crippen LogP contribution is 2.30. The van der Waals surface area contributed by atoms with Gasteiger partial charge in [-0.3, -0.25) is 9.59 Å². The number of carboxylic acid groups (broad SMARTS) is 2. The number of alkyl halides is 3. The van der Waals surface area contributed by atoms with Gasteiger partial charge in [0.15, 0.2) is 0 Å². The van der Waals surface area contributed by atoms with Gasteiger partial charge in [0.1, 0.15) is 5.82 Å². The van der Waals surface area contributed by atoms with E-state index in [-0.39, 0.29) is 11.6 Å².